The molecule has 14 heteroatoms. The van der Waals surface area contributed by atoms with E-state index in [-0.39, 0.29) is 20.1 Å². The van der Waals surface area contributed by atoms with Crippen LogP contribution in [0.3, 0.4) is 0 Å². The summed E-state index contributed by atoms with van der Waals surface area (Å²) in [5, 5.41) is 0. The zero-order chi connectivity index (χ0) is 26.4. The Labute approximate surface area is 225 Å². The second kappa shape index (κ2) is 25.7. The van der Waals surface area contributed by atoms with E-state index < -0.39 is 7.81 Å². The molecule has 0 atom stereocenters. The van der Waals surface area contributed by atoms with Crippen LogP contribution >= 0.6 is 39.5 Å². The van der Waals surface area contributed by atoms with Gasteiger partial charge in [-0.15, -0.1) is 31.7 Å². The van der Waals surface area contributed by atoms with Gasteiger partial charge in [0, 0.05) is 20.1 Å². The Kier molecular flexibility index (Phi) is 38.7. The molecule has 0 saturated carbocycles. The molecule has 207 valence electrons. The summed E-state index contributed by atoms with van der Waals surface area (Å²) in [6, 6.07) is 0. The van der Waals surface area contributed by atoms with Crippen molar-refractivity contribution in [2.75, 3.05) is 89.5 Å². The molecule has 1 radical (unpaired) electrons. The quantitative estimate of drug-likeness (QED) is 0.141. The van der Waals surface area contributed by atoms with Crippen molar-refractivity contribution in [3.63, 3.8) is 0 Å². The van der Waals surface area contributed by atoms with E-state index in [4.69, 9.17) is 0 Å². The molecule has 0 amide bonds. The van der Waals surface area contributed by atoms with Gasteiger partial charge in [-0.25, -0.2) is 0 Å². The van der Waals surface area contributed by atoms with E-state index in [2.05, 4.69) is 92.4 Å². The zero-order valence-electron chi connectivity index (χ0n) is 21.4. The molecule has 0 aliphatic heterocycles. The maximum atomic E-state index is 9.87. The van der Waals surface area contributed by atoms with Gasteiger partial charge in [0.05, 0.1) is 0 Å². The van der Waals surface area contributed by atoms with Crippen LogP contribution in [-0.2, 0) is 45.4 Å². The summed E-state index contributed by atoms with van der Waals surface area (Å²) in [6.45, 7) is 23.0. The third-order valence-electron chi connectivity index (χ3n) is 2.40. The van der Waals surface area contributed by atoms with E-state index in [1.807, 2.05) is 0 Å². The van der Waals surface area contributed by atoms with Crippen LogP contribution in [-0.4, -0.2) is 89.5 Å². The summed E-state index contributed by atoms with van der Waals surface area (Å²) in [5.74, 6) is 1.81. The minimum atomic E-state index is -10.7. The molecule has 0 N–H and O–H groups in total. The molecule has 0 rings (SSSR count). The van der Waals surface area contributed by atoms with E-state index in [0.717, 1.165) is 24.3 Å². The normalized spacial score (nSPS) is 12.6. The van der Waals surface area contributed by atoms with Crippen molar-refractivity contribution in [3.05, 3.63) is 0 Å². The van der Waals surface area contributed by atoms with Crippen molar-refractivity contribution in [2.45, 2.75) is 26.7 Å². The first-order valence-electron chi connectivity index (χ1n) is 9.85. The molecule has 0 fully saturated rings. The van der Waals surface area contributed by atoms with Crippen LogP contribution in [0.15, 0.2) is 0 Å². The summed E-state index contributed by atoms with van der Waals surface area (Å²) in [4.78, 5) is 0. The second-order valence-electron chi connectivity index (χ2n) is 7.58. The van der Waals surface area contributed by atoms with Crippen LogP contribution in [0, 0.1) is 0 Å². The van der Waals surface area contributed by atoms with E-state index in [1.54, 1.807) is 0 Å². The molecule has 0 heterocycles. The Morgan fingerprint density at radius 1 is 0.500 bits per heavy atom. The fourth-order valence-electron chi connectivity index (χ4n) is 0.800. The number of halogens is 6. The van der Waals surface area contributed by atoms with Gasteiger partial charge >= 0.3 is 33.0 Å². The third kappa shape index (κ3) is 150. The standard InChI is InChI=1S/2C6H16P2.2C3H8S.F6P.Tc/c2*1-7(2)5-6-8(3)4;2*1-2-3-4;1-7(2,3,4,5)6;/h2*5-6H2,1-4H3;2*4H,2-3H2,1H3;;/q;;;;-1;/p-2. The summed E-state index contributed by atoms with van der Waals surface area (Å²) in [5.41, 5.74) is 0. The average molecular weight is 694 g/mol. The van der Waals surface area contributed by atoms with E-state index in [9.17, 15) is 25.2 Å². The summed E-state index contributed by atoms with van der Waals surface area (Å²) >= 11 is 9.11. The molecule has 0 unspecified atom stereocenters. The predicted octanol–water partition coefficient (Wildman–Crippen LogP) is 10.2. The Morgan fingerprint density at radius 3 is 0.625 bits per heavy atom. The van der Waals surface area contributed by atoms with Gasteiger partial charge in [-0.2, -0.15) is 11.5 Å². The Balaban J connectivity index is -0.0000000674. The fraction of sp³-hybridized carbons (Fsp3) is 1.00. The molecule has 0 aromatic rings. The Bertz CT molecular complexity index is 308. The maximum absolute atomic E-state index is 10.7. The number of hydrogen-bond acceptors (Lipinski definition) is 2. The van der Waals surface area contributed by atoms with Crippen LogP contribution < -0.4 is 0 Å². The van der Waals surface area contributed by atoms with Gasteiger partial charge < -0.3 is 25.3 Å². The molecule has 0 aromatic carbocycles. The molecule has 0 aromatic heterocycles. The van der Waals surface area contributed by atoms with Gasteiger partial charge in [-0.3, -0.25) is 0 Å². The van der Waals surface area contributed by atoms with Crippen LogP contribution in [0.25, 0.3) is 0 Å². The largest absolute Gasteiger partial charge is 0 e. The topological polar surface area (TPSA) is 0 Å². The summed E-state index contributed by atoms with van der Waals surface area (Å²) < 4.78 is 59.2. The van der Waals surface area contributed by atoms with Gasteiger partial charge in [0.25, 0.3) is 0 Å². The molecule has 0 bridgehead atoms. The Morgan fingerprint density at radius 2 is 0.594 bits per heavy atom. The molecular weight excluding hydrogens is 647 g/mol. The third-order valence-corrected chi connectivity index (χ3v) is 8.39. The van der Waals surface area contributed by atoms with E-state index >= 15 is 0 Å². The second-order valence-corrected chi connectivity index (χ2v) is 20.7. The first-order valence-corrected chi connectivity index (χ1v) is 22.7. The average Bonchev–Trinajstić information content (AvgIpc) is 2.56. The SMILES string of the molecule is CCC[S-].CCC[S-].CP(C)CCP(C)C.CP(C)CCP(C)C.F[P-](F)(F)(F)(F)F.[Tc]. The summed E-state index contributed by atoms with van der Waals surface area (Å²) in [7, 11) is -9.12. The van der Waals surface area contributed by atoms with Crippen LogP contribution in [0.1, 0.15) is 26.7 Å². The first kappa shape index (κ1) is 48.2. The number of hydrogen-bond donors (Lipinski definition) is 0. The minimum absolute atomic E-state index is 0. The predicted molar refractivity (Wildman–Crippen MR) is 153 cm³/mol. The van der Waals surface area contributed by atoms with Crippen molar-refractivity contribution >= 4 is 64.8 Å². The van der Waals surface area contributed by atoms with Gasteiger partial charge in [-0.1, -0.05) is 26.7 Å². The molecule has 0 spiro atoms. The molecule has 0 saturated heterocycles. The smallest absolute Gasteiger partial charge is 0 e. The fourth-order valence-corrected chi connectivity index (χ4v) is 7.20. The van der Waals surface area contributed by atoms with E-state index in [1.165, 1.54) is 24.6 Å². The van der Waals surface area contributed by atoms with Crippen LogP contribution in [0.2, 0.25) is 0 Å². The summed E-state index contributed by atoms with van der Waals surface area (Å²) in [6.07, 6.45) is 8.19. The van der Waals surface area contributed by atoms with Gasteiger partial charge in [0.2, 0.25) is 0 Å². The maximum Gasteiger partial charge on any atom is 0 e. The van der Waals surface area contributed by atoms with Gasteiger partial charge in [0.15, 0.2) is 0 Å². The molecule has 0 aliphatic carbocycles. The van der Waals surface area contributed by atoms with Crippen molar-refractivity contribution in [2.24, 2.45) is 0 Å². The molecule has 32 heavy (non-hydrogen) atoms. The molecule has 0 aliphatic rings. The van der Waals surface area contributed by atoms with Crippen LogP contribution in [0.5, 0.6) is 0 Å². The Hall–Kier alpha value is 3.08. The zero-order valence-corrected chi connectivity index (χ0v) is 29.3. The van der Waals surface area contributed by atoms with Crippen molar-refractivity contribution in [3.8, 4) is 0 Å². The molecule has 0 nitrogen and oxygen atoms in total. The van der Waals surface area contributed by atoms with Crippen molar-refractivity contribution < 1.29 is 45.3 Å². The van der Waals surface area contributed by atoms with Gasteiger partial charge in [-0.05, 0) is 78.0 Å². The van der Waals surface area contributed by atoms with Crippen molar-refractivity contribution in [1.82, 2.24) is 0 Å². The monoisotopic (exact) mass is 692 g/mol. The first-order chi connectivity index (χ1) is 13.5. The van der Waals surface area contributed by atoms with Crippen LogP contribution in [0.4, 0.5) is 25.2 Å². The molecular formula is C18H46F6P5S2Tc-3. The van der Waals surface area contributed by atoms with Crippen molar-refractivity contribution in [1.29, 1.82) is 0 Å². The minimum Gasteiger partial charge on any atom is 0 e. The number of rotatable bonds is 8. The van der Waals surface area contributed by atoms with Gasteiger partial charge in [0.1, 0.15) is 0 Å². The van der Waals surface area contributed by atoms with E-state index in [0.29, 0.717) is 31.7 Å².